The lowest BCUT2D eigenvalue weighted by atomic mass is 9.43. The van der Waals surface area contributed by atoms with E-state index in [4.69, 9.17) is 4.74 Å². The number of allylic oxidation sites excluding steroid dienone is 4. The van der Waals surface area contributed by atoms with E-state index < -0.39 is 34.2 Å². The number of para-hydroxylation sites is 1. The molecule has 9 nitrogen and oxygen atoms in total. The molecule has 40 heavy (non-hydrogen) atoms. The van der Waals surface area contributed by atoms with Crippen molar-refractivity contribution in [3.63, 3.8) is 0 Å². The Hall–Kier alpha value is -4.40. The van der Waals surface area contributed by atoms with E-state index >= 15 is 0 Å². The van der Waals surface area contributed by atoms with Gasteiger partial charge in [-0.25, -0.2) is 23.5 Å². The molecule has 0 spiro atoms. The van der Waals surface area contributed by atoms with Crippen molar-refractivity contribution in [1.82, 2.24) is 13.9 Å². The number of hydrogen-bond donors (Lipinski definition) is 1. The summed E-state index contributed by atoms with van der Waals surface area (Å²) in [4.78, 5) is 55.8. The second kappa shape index (κ2) is 8.55. The molecule has 0 unspecified atom stereocenters. The number of phenols is 1. The van der Waals surface area contributed by atoms with Gasteiger partial charge in [0.05, 0.1) is 30.8 Å². The molecule has 3 aromatic rings. The van der Waals surface area contributed by atoms with Crippen molar-refractivity contribution in [3.05, 3.63) is 97.9 Å². The number of aromatic hydroxyl groups is 1. The standard InChI is InChI=1S/C31H31N3O6/c1-17-18(2)27(37)31(4)25(19-11-12-23(35)24(15-19)40-5)21-13-14-32-28(38)33(20-9-7-6-8-10-20)29(39)34(32)22(21)16-30(31,3)26(17)36/h6-13,15,22,25,35H,14,16H2,1-5H3/t22-,25+,30+,31-/m1/s1. The third-order valence-electron chi connectivity index (χ3n) is 9.67. The van der Waals surface area contributed by atoms with E-state index in [0.29, 0.717) is 22.4 Å². The zero-order valence-electron chi connectivity index (χ0n) is 23.1. The molecular formula is C31H31N3O6. The maximum absolute atomic E-state index is 14.2. The van der Waals surface area contributed by atoms with Crippen molar-refractivity contribution in [1.29, 1.82) is 0 Å². The normalized spacial score (nSPS) is 27.6. The van der Waals surface area contributed by atoms with Gasteiger partial charge < -0.3 is 9.84 Å². The van der Waals surface area contributed by atoms with E-state index in [1.807, 2.05) is 19.1 Å². The van der Waals surface area contributed by atoms with E-state index in [1.165, 1.54) is 22.5 Å². The first-order valence-corrected chi connectivity index (χ1v) is 13.3. The Labute approximate surface area is 230 Å². The number of ketones is 2. The lowest BCUT2D eigenvalue weighted by Crippen LogP contribution is -2.61. The fourth-order valence-electron chi connectivity index (χ4n) is 7.25. The van der Waals surface area contributed by atoms with E-state index in [-0.39, 0.29) is 36.0 Å². The molecule has 6 rings (SSSR count). The van der Waals surface area contributed by atoms with E-state index in [1.54, 1.807) is 57.2 Å². The van der Waals surface area contributed by atoms with Gasteiger partial charge in [-0.1, -0.05) is 44.2 Å². The molecule has 0 amide bonds. The van der Waals surface area contributed by atoms with Crippen LogP contribution in [-0.2, 0) is 16.1 Å². The number of rotatable bonds is 3. The van der Waals surface area contributed by atoms with Crippen molar-refractivity contribution >= 4 is 11.6 Å². The van der Waals surface area contributed by atoms with Crippen LogP contribution in [-0.4, -0.2) is 37.7 Å². The Bertz CT molecular complexity index is 1790. The zero-order chi connectivity index (χ0) is 28.7. The highest BCUT2D eigenvalue weighted by Gasteiger charge is 2.66. The van der Waals surface area contributed by atoms with Crippen LogP contribution in [0, 0.1) is 10.8 Å². The van der Waals surface area contributed by atoms with Gasteiger partial charge >= 0.3 is 11.4 Å². The Kier molecular flexibility index (Phi) is 5.53. The van der Waals surface area contributed by atoms with Crippen LogP contribution in [0.4, 0.5) is 0 Å². The average molecular weight is 542 g/mol. The minimum atomic E-state index is -1.19. The van der Waals surface area contributed by atoms with E-state index in [0.717, 1.165) is 10.1 Å². The summed E-state index contributed by atoms with van der Waals surface area (Å²) in [6, 6.07) is 13.0. The molecule has 3 aliphatic rings. The van der Waals surface area contributed by atoms with Gasteiger partial charge in [0.25, 0.3) is 0 Å². The number of aromatic nitrogens is 3. The molecule has 0 bridgehead atoms. The summed E-state index contributed by atoms with van der Waals surface area (Å²) >= 11 is 0. The monoisotopic (exact) mass is 541 g/mol. The number of Topliss-reactive ketones (excluding diaryl/α,β-unsaturated/α-hetero) is 2. The van der Waals surface area contributed by atoms with E-state index in [9.17, 15) is 24.3 Å². The fourth-order valence-corrected chi connectivity index (χ4v) is 7.25. The van der Waals surface area contributed by atoms with Gasteiger partial charge in [0.2, 0.25) is 0 Å². The average Bonchev–Trinajstić information content (AvgIpc) is 3.21. The quantitative estimate of drug-likeness (QED) is 0.507. The number of ether oxygens (including phenoxy) is 1. The van der Waals surface area contributed by atoms with Crippen LogP contribution in [0.3, 0.4) is 0 Å². The number of carbonyl (C=O) groups is 2. The maximum Gasteiger partial charge on any atom is 0.352 e. The summed E-state index contributed by atoms with van der Waals surface area (Å²) in [6.45, 7) is 7.15. The molecule has 1 saturated carbocycles. The van der Waals surface area contributed by atoms with Gasteiger partial charge in [-0.15, -0.1) is 0 Å². The molecule has 2 aromatic carbocycles. The SMILES string of the molecule is COc1cc([C@H]2C3=CCn4c(=O)n(-c5ccccc5)c(=O)n4[C@@H]3C[C@@]3(C)C(=O)C(C)=C(C)C(=O)[C@@]23C)ccc1O. The summed E-state index contributed by atoms with van der Waals surface area (Å²) in [5.74, 6) is -0.700. The molecule has 0 saturated heterocycles. The third-order valence-corrected chi connectivity index (χ3v) is 9.67. The molecule has 0 radical (unpaired) electrons. The molecule has 2 heterocycles. The summed E-state index contributed by atoms with van der Waals surface area (Å²) in [5.41, 5.74) is -0.568. The van der Waals surface area contributed by atoms with Crippen molar-refractivity contribution in [2.75, 3.05) is 7.11 Å². The number of phenolic OH excluding ortho intramolecular Hbond substituents is 1. The highest BCUT2D eigenvalue weighted by Crippen LogP contribution is 2.66. The molecule has 1 fully saturated rings. The Morgan fingerprint density at radius 3 is 2.27 bits per heavy atom. The Balaban J connectivity index is 1.65. The second-order valence-corrected chi connectivity index (χ2v) is 11.4. The van der Waals surface area contributed by atoms with Gasteiger partial charge in [-0.05, 0) is 66.8 Å². The van der Waals surface area contributed by atoms with Crippen molar-refractivity contribution in [3.8, 4) is 17.2 Å². The highest BCUT2D eigenvalue weighted by atomic mass is 16.5. The van der Waals surface area contributed by atoms with Crippen LogP contribution in [0.15, 0.2) is 80.9 Å². The minimum Gasteiger partial charge on any atom is -0.504 e. The number of hydrogen-bond acceptors (Lipinski definition) is 6. The van der Waals surface area contributed by atoms with Gasteiger partial charge in [-0.3, -0.25) is 9.59 Å². The van der Waals surface area contributed by atoms with E-state index in [2.05, 4.69) is 0 Å². The fraction of sp³-hybridized carbons (Fsp3) is 0.355. The molecule has 206 valence electrons. The van der Waals surface area contributed by atoms with Gasteiger partial charge in [0, 0.05) is 11.3 Å². The summed E-state index contributed by atoms with van der Waals surface area (Å²) < 4.78 is 9.42. The van der Waals surface area contributed by atoms with Crippen molar-refractivity contribution < 1.29 is 19.4 Å². The summed E-state index contributed by atoms with van der Waals surface area (Å²) in [7, 11) is 1.45. The number of methoxy groups -OCH3 is 1. The molecule has 1 N–H and O–H groups in total. The minimum absolute atomic E-state index is 0.0490. The van der Waals surface area contributed by atoms with Crippen molar-refractivity contribution in [2.24, 2.45) is 10.8 Å². The van der Waals surface area contributed by atoms with Crippen LogP contribution < -0.4 is 16.1 Å². The largest absolute Gasteiger partial charge is 0.504 e. The molecule has 1 aromatic heterocycles. The smallest absolute Gasteiger partial charge is 0.352 e. The highest BCUT2D eigenvalue weighted by molar-refractivity contribution is 6.17. The first-order valence-electron chi connectivity index (χ1n) is 13.3. The Morgan fingerprint density at radius 1 is 0.925 bits per heavy atom. The van der Waals surface area contributed by atoms with Crippen molar-refractivity contribution in [2.45, 2.75) is 52.6 Å². The maximum atomic E-state index is 14.2. The first kappa shape index (κ1) is 25.9. The lowest BCUT2D eigenvalue weighted by molar-refractivity contribution is -0.151. The summed E-state index contributed by atoms with van der Waals surface area (Å²) in [5, 5.41) is 10.3. The Morgan fingerprint density at radius 2 is 1.60 bits per heavy atom. The predicted molar refractivity (Wildman–Crippen MR) is 148 cm³/mol. The number of nitrogens with zero attached hydrogens (tertiary/aromatic N) is 3. The molecule has 1 aliphatic heterocycles. The number of benzene rings is 2. The summed E-state index contributed by atoms with van der Waals surface area (Å²) in [6.07, 6.45) is 2.09. The molecule has 9 heteroatoms. The van der Waals surface area contributed by atoms with Gasteiger partial charge in [0.1, 0.15) is 0 Å². The predicted octanol–water partition coefficient (Wildman–Crippen LogP) is 3.68. The molecular weight excluding hydrogens is 510 g/mol. The van der Waals surface area contributed by atoms with Crippen LogP contribution in [0.2, 0.25) is 0 Å². The third kappa shape index (κ3) is 3.08. The lowest BCUT2D eigenvalue weighted by Gasteiger charge is -2.58. The van der Waals surface area contributed by atoms with Gasteiger partial charge in [-0.2, -0.15) is 0 Å². The first-order chi connectivity index (χ1) is 19.0. The van der Waals surface area contributed by atoms with Crippen LogP contribution in [0.5, 0.6) is 11.5 Å². The molecule has 2 aliphatic carbocycles. The van der Waals surface area contributed by atoms with Crippen LogP contribution >= 0.6 is 0 Å². The van der Waals surface area contributed by atoms with Gasteiger partial charge in [0.15, 0.2) is 23.1 Å². The number of carbonyl (C=O) groups excluding carboxylic acids is 2. The zero-order valence-corrected chi connectivity index (χ0v) is 23.1. The van der Waals surface area contributed by atoms with Crippen LogP contribution in [0.1, 0.15) is 51.6 Å². The topological polar surface area (TPSA) is 113 Å². The van der Waals surface area contributed by atoms with Crippen LogP contribution in [0.25, 0.3) is 5.69 Å². The second-order valence-electron chi connectivity index (χ2n) is 11.4. The molecule has 4 atom stereocenters. The number of fused-ring (bicyclic) bond motifs is 4.